The number of hydrogen-bond acceptors (Lipinski definition) is 2. The van der Waals surface area contributed by atoms with Crippen molar-refractivity contribution in [3.05, 3.63) is 35.4 Å². The Morgan fingerprint density at radius 2 is 1.69 bits per heavy atom. The molecule has 0 spiro atoms. The van der Waals surface area contributed by atoms with Crippen molar-refractivity contribution in [2.24, 2.45) is 0 Å². The number of ether oxygens (including phenoxy) is 1. The van der Waals surface area contributed by atoms with E-state index >= 15 is 0 Å². The predicted molar refractivity (Wildman–Crippen MR) is 68.6 cm³/mol. The summed E-state index contributed by atoms with van der Waals surface area (Å²) in [6, 6.07) is 8.76. The fourth-order valence-corrected chi connectivity index (χ4v) is 1.47. The van der Waals surface area contributed by atoms with E-state index in [1.54, 1.807) is 7.11 Å². The second-order valence-electron chi connectivity index (χ2n) is 4.74. The van der Waals surface area contributed by atoms with Crippen molar-refractivity contribution in [3.63, 3.8) is 0 Å². The summed E-state index contributed by atoms with van der Waals surface area (Å²) in [4.78, 5) is 0. The van der Waals surface area contributed by atoms with Crippen molar-refractivity contribution in [2.75, 3.05) is 13.7 Å². The van der Waals surface area contributed by atoms with Crippen LogP contribution in [0.3, 0.4) is 0 Å². The van der Waals surface area contributed by atoms with E-state index in [4.69, 9.17) is 4.74 Å². The van der Waals surface area contributed by atoms with Crippen LogP contribution in [-0.2, 0) is 17.7 Å². The van der Waals surface area contributed by atoms with Crippen LogP contribution in [0.25, 0.3) is 0 Å². The van der Waals surface area contributed by atoms with Gasteiger partial charge in [-0.2, -0.15) is 0 Å². The van der Waals surface area contributed by atoms with Crippen LogP contribution in [0, 0.1) is 0 Å². The van der Waals surface area contributed by atoms with Crippen LogP contribution < -0.4 is 5.32 Å². The van der Waals surface area contributed by atoms with E-state index in [0.29, 0.717) is 0 Å². The maximum Gasteiger partial charge on any atom is 0.0746 e. The lowest BCUT2D eigenvalue weighted by Crippen LogP contribution is -2.36. The molecule has 1 N–H and O–H groups in total. The Kier molecular flexibility index (Phi) is 4.97. The lowest BCUT2D eigenvalue weighted by molar-refractivity contribution is 0.0230. The van der Waals surface area contributed by atoms with Crippen molar-refractivity contribution < 1.29 is 4.74 Å². The molecule has 0 atom stereocenters. The first-order valence-electron chi connectivity index (χ1n) is 5.91. The van der Waals surface area contributed by atoms with Gasteiger partial charge in [0.15, 0.2) is 0 Å². The van der Waals surface area contributed by atoms with E-state index in [2.05, 4.69) is 50.4 Å². The smallest absolute Gasteiger partial charge is 0.0746 e. The predicted octanol–water partition coefficient (Wildman–Crippen LogP) is 2.76. The highest BCUT2D eigenvalue weighted by atomic mass is 16.5. The van der Waals surface area contributed by atoms with E-state index in [9.17, 15) is 0 Å². The highest BCUT2D eigenvalue weighted by Gasteiger charge is 2.14. The fourth-order valence-electron chi connectivity index (χ4n) is 1.47. The summed E-state index contributed by atoms with van der Waals surface area (Å²) in [5, 5.41) is 3.41. The van der Waals surface area contributed by atoms with Gasteiger partial charge in [0.05, 0.1) is 5.60 Å². The van der Waals surface area contributed by atoms with Crippen LogP contribution in [0.1, 0.15) is 31.9 Å². The van der Waals surface area contributed by atoms with Gasteiger partial charge in [-0.3, -0.25) is 0 Å². The molecule has 1 aromatic carbocycles. The monoisotopic (exact) mass is 221 g/mol. The molecule has 0 amide bonds. The molecule has 0 bridgehead atoms. The minimum absolute atomic E-state index is 0.0939. The molecule has 0 heterocycles. The number of hydrogen-bond donors (Lipinski definition) is 1. The minimum Gasteiger partial charge on any atom is -0.377 e. The Morgan fingerprint density at radius 1 is 1.12 bits per heavy atom. The van der Waals surface area contributed by atoms with Gasteiger partial charge >= 0.3 is 0 Å². The molecule has 16 heavy (non-hydrogen) atoms. The van der Waals surface area contributed by atoms with Gasteiger partial charge in [0.25, 0.3) is 0 Å². The van der Waals surface area contributed by atoms with Gasteiger partial charge in [0.1, 0.15) is 0 Å². The Balaban J connectivity index is 2.37. The summed E-state index contributed by atoms with van der Waals surface area (Å²) in [5.41, 5.74) is 2.62. The highest BCUT2D eigenvalue weighted by molar-refractivity contribution is 5.22. The zero-order valence-electron chi connectivity index (χ0n) is 10.8. The first kappa shape index (κ1) is 13.2. The van der Waals surface area contributed by atoms with Gasteiger partial charge in [0, 0.05) is 20.2 Å². The minimum atomic E-state index is -0.0939. The molecule has 2 nitrogen and oxygen atoms in total. The third-order valence-electron chi connectivity index (χ3n) is 2.86. The Labute approximate surface area is 99.0 Å². The maximum absolute atomic E-state index is 5.35. The van der Waals surface area contributed by atoms with E-state index in [0.717, 1.165) is 19.5 Å². The first-order chi connectivity index (χ1) is 7.57. The van der Waals surface area contributed by atoms with Gasteiger partial charge in [-0.25, -0.2) is 0 Å². The topological polar surface area (TPSA) is 21.3 Å². The van der Waals surface area contributed by atoms with Crippen molar-refractivity contribution in [1.29, 1.82) is 0 Å². The summed E-state index contributed by atoms with van der Waals surface area (Å²) in [5.74, 6) is 0. The highest BCUT2D eigenvalue weighted by Crippen LogP contribution is 2.07. The number of nitrogens with one attached hydrogen (secondary N) is 1. The SMILES string of the molecule is CCc1ccc(CNCC(C)(C)OC)cc1. The molecule has 0 aliphatic carbocycles. The average molecular weight is 221 g/mol. The zero-order valence-corrected chi connectivity index (χ0v) is 10.8. The van der Waals surface area contributed by atoms with Crippen LogP contribution in [0.15, 0.2) is 24.3 Å². The van der Waals surface area contributed by atoms with Crippen LogP contribution >= 0.6 is 0 Å². The molecule has 0 unspecified atom stereocenters. The third kappa shape index (κ3) is 4.33. The van der Waals surface area contributed by atoms with E-state index < -0.39 is 0 Å². The molecule has 0 radical (unpaired) electrons. The molecule has 2 heteroatoms. The van der Waals surface area contributed by atoms with E-state index in [-0.39, 0.29) is 5.60 Å². The molecule has 0 saturated heterocycles. The van der Waals surface area contributed by atoms with Crippen molar-refractivity contribution in [3.8, 4) is 0 Å². The molecule has 0 aromatic heterocycles. The molecule has 0 saturated carbocycles. The summed E-state index contributed by atoms with van der Waals surface area (Å²) in [7, 11) is 1.75. The summed E-state index contributed by atoms with van der Waals surface area (Å²) in [6.07, 6.45) is 1.10. The average Bonchev–Trinajstić information content (AvgIpc) is 2.30. The maximum atomic E-state index is 5.35. The van der Waals surface area contributed by atoms with Crippen LogP contribution in [-0.4, -0.2) is 19.3 Å². The van der Waals surface area contributed by atoms with Crippen LogP contribution in [0.4, 0.5) is 0 Å². The van der Waals surface area contributed by atoms with Crippen molar-refractivity contribution >= 4 is 0 Å². The lowest BCUT2D eigenvalue weighted by Gasteiger charge is -2.23. The number of methoxy groups -OCH3 is 1. The van der Waals surface area contributed by atoms with E-state index in [1.807, 2.05) is 0 Å². The molecule has 0 aliphatic rings. The zero-order chi connectivity index (χ0) is 12.0. The number of aryl methyl sites for hydroxylation is 1. The van der Waals surface area contributed by atoms with Gasteiger partial charge in [-0.1, -0.05) is 31.2 Å². The molecule has 1 aromatic rings. The van der Waals surface area contributed by atoms with Gasteiger partial charge in [-0.15, -0.1) is 0 Å². The molecule has 90 valence electrons. The van der Waals surface area contributed by atoms with Crippen molar-refractivity contribution in [2.45, 2.75) is 39.3 Å². The van der Waals surface area contributed by atoms with Crippen LogP contribution in [0.2, 0.25) is 0 Å². The quantitative estimate of drug-likeness (QED) is 0.797. The molecular formula is C14H23NO. The molecule has 1 rings (SSSR count). The van der Waals surface area contributed by atoms with Gasteiger partial charge < -0.3 is 10.1 Å². The Morgan fingerprint density at radius 3 is 2.19 bits per heavy atom. The second-order valence-corrected chi connectivity index (χ2v) is 4.74. The molecule has 0 aliphatic heterocycles. The first-order valence-corrected chi connectivity index (χ1v) is 5.91. The van der Waals surface area contributed by atoms with Crippen molar-refractivity contribution in [1.82, 2.24) is 5.32 Å². The number of rotatable bonds is 6. The Hall–Kier alpha value is -0.860. The van der Waals surface area contributed by atoms with Gasteiger partial charge in [-0.05, 0) is 31.4 Å². The number of benzene rings is 1. The third-order valence-corrected chi connectivity index (χ3v) is 2.86. The largest absolute Gasteiger partial charge is 0.377 e. The normalized spacial score (nSPS) is 11.8. The molecule has 0 fully saturated rings. The summed E-state index contributed by atoms with van der Waals surface area (Å²) < 4.78 is 5.35. The second kappa shape index (κ2) is 6.02. The standard InChI is InChI=1S/C14H23NO/c1-5-12-6-8-13(9-7-12)10-15-11-14(2,3)16-4/h6-9,15H,5,10-11H2,1-4H3. The summed E-state index contributed by atoms with van der Waals surface area (Å²) in [6.45, 7) is 8.10. The Bertz CT molecular complexity index is 303. The van der Waals surface area contributed by atoms with Gasteiger partial charge in [0.2, 0.25) is 0 Å². The van der Waals surface area contributed by atoms with Crippen LogP contribution in [0.5, 0.6) is 0 Å². The summed E-state index contributed by atoms with van der Waals surface area (Å²) >= 11 is 0. The fraction of sp³-hybridized carbons (Fsp3) is 0.571. The lowest BCUT2D eigenvalue weighted by atomic mass is 10.1. The molecular weight excluding hydrogens is 198 g/mol. The van der Waals surface area contributed by atoms with E-state index in [1.165, 1.54) is 11.1 Å².